The number of carbonyl (C=O) groups excluding carboxylic acids is 1. The molecule has 0 atom stereocenters. The molecule has 1 aromatic carbocycles. The van der Waals surface area contributed by atoms with Crippen molar-refractivity contribution >= 4 is 5.91 Å². The normalized spacial score (nSPS) is 18.2. The van der Waals surface area contributed by atoms with E-state index in [1.165, 1.54) is 67.6 Å². The first kappa shape index (κ1) is 17.4. The minimum absolute atomic E-state index is 0.0784. The lowest BCUT2D eigenvalue weighted by molar-refractivity contribution is 0.0933. The Morgan fingerprint density at radius 1 is 0.962 bits per heavy atom. The van der Waals surface area contributed by atoms with E-state index in [9.17, 15) is 4.79 Å². The van der Waals surface area contributed by atoms with Gasteiger partial charge < -0.3 is 9.88 Å². The van der Waals surface area contributed by atoms with Crippen LogP contribution in [0.5, 0.6) is 0 Å². The molecule has 1 amide bonds. The number of aromatic nitrogens is 1. The average molecular weight is 351 g/mol. The first-order valence-electron chi connectivity index (χ1n) is 10.3. The molecule has 0 spiro atoms. The lowest BCUT2D eigenvalue weighted by atomic mass is 9.98. The van der Waals surface area contributed by atoms with E-state index < -0.39 is 0 Å². The van der Waals surface area contributed by atoms with E-state index in [1.54, 1.807) is 0 Å². The smallest absolute Gasteiger partial charge is 0.251 e. The van der Waals surface area contributed by atoms with Gasteiger partial charge in [-0.3, -0.25) is 4.79 Å². The predicted octanol–water partition coefficient (Wildman–Crippen LogP) is 5.12. The second kappa shape index (κ2) is 7.69. The first-order chi connectivity index (χ1) is 12.7. The van der Waals surface area contributed by atoms with Gasteiger partial charge in [0.15, 0.2) is 0 Å². The van der Waals surface area contributed by atoms with E-state index in [2.05, 4.69) is 35.0 Å². The SMILES string of the molecule is Cc1cc2c(n1-c1ccc(C(=O)NC3CCCCCC3)cc1)CCCC2. The summed E-state index contributed by atoms with van der Waals surface area (Å²) >= 11 is 0. The van der Waals surface area contributed by atoms with E-state index >= 15 is 0 Å². The van der Waals surface area contributed by atoms with Gasteiger partial charge in [-0.25, -0.2) is 0 Å². The van der Waals surface area contributed by atoms with E-state index in [0.29, 0.717) is 6.04 Å². The Morgan fingerprint density at radius 2 is 1.65 bits per heavy atom. The first-order valence-corrected chi connectivity index (χ1v) is 10.3. The van der Waals surface area contributed by atoms with Gasteiger partial charge in [0.25, 0.3) is 5.91 Å². The molecule has 26 heavy (non-hydrogen) atoms. The monoisotopic (exact) mass is 350 g/mol. The minimum Gasteiger partial charge on any atom is -0.349 e. The Bertz CT molecular complexity index is 764. The van der Waals surface area contributed by atoms with Crippen molar-refractivity contribution in [2.75, 3.05) is 0 Å². The molecular weight excluding hydrogens is 320 g/mol. The van der Waals surface area contributed by atoms with Crippen LogP contribution < -0.4 is 5.32 Å². The van der Waals surface area contributed by atoms with E-state index in [1.807, 2.05) is 12.1 Å². The van der Waals surface area contributed by atoms with Gasteiger partial charge in [-0.05, 0) is 81.3 Å². The van der Waals surface area contributed by atoms with Crippen molar-refractivity contribution in [1.29, 1.82) is 0 Å². The van der Waals surface area contributed by atoms with Crippen molar-refractivity contribution in [2.45, 2.75) is 77.2 Å². The van der Waals surface area contributed by atoms with Gasteiger partial charge in [-0.1, -0.05) is 25.7 Å². The maximum absolute atomic E-state index is 12.6. The third-order valence-electron chi connectivity index (χ3n) is 6.06. The molecule has 0 unspecified atom stereocenters. The van der Waals surface area contributed by atoms with Crippen molar-refractivity contribution in [3.8, 4) is 5.69 Å². The predicted molar refractivity (Wildman–Crippen MR) is 106 cm³/mol. The zero-order valence-electron chi connectivity index (χ0n) is 15.9. The molecule has 0 bridgehead atoms. The van der Waals surface area contributed by atoms with Crippen LogP contribution in [0.25, 0.3) is 5.69 Å². The van der Waals surface area contributed by atoms with Crippen molar-refractivity contribution in [1.82, 2.24) is 9.88 Å². The van der Waals surface area contributed by atoms with Gasteiger partial charge in [0.05, 0.1) is 0 Å². The number of nitrogens with zero attached hydrogens (tertiary/aromatic N) is 1. The number of rotatable bonds is 3. The fraction of sp³-hybridized carbons (Fsp3) is 0.522. The van der Waals surface area contributed by atoms with Crippen molar-refractivity contribution in [3.05, 3.63) is 52.8 Å². The lowest BCUT2D eigenvalue weighted by Gasteiger charge is -2.18. The number of benzene rings is 1. The topological polar surface area (TPSA) is 34.0 Å². The minimum atomic E-state index is 0.0784. The Morgan fingerprint density at radius 3 is 2.38 bits per heavy atom. The molecule has 1 N–H and O–H groups in total. The zero-order valence-corrected chi connectivity index (χ0v) is 15.9. The number of carbonyl (C=O) groups is 1. The Balaban J connectivity index is 1.50. The summed E-state index contributed by atoms with van der Waals surface area (Å²) in [4.78, 5) is 12.6. The molecule has 1 aromatic heterocycles. The van der Waals surface area contributed by atoms with Gasteiger partial charge >= 0.3 is 0 Å². The standard InChI is InChI=1S/C23H30N2O/c1-17-16-19-8-6-7-11-22(19)25(17)21-14-12-18(13-15-21)23(26)24-20-9-4-2-3-5-10-20/h12-16,20H,2-11H2,1H3,(H,24,26). The third-order valence-corrected chi connectivity index (χ3v) is 6.06. The largest absolute Gasteiger partial charge is 0.349 e. The summed E-state index contributed by atoms with van der Waals surface area (Å²) in [5.74, 6) is 0.0784. The van der Waals surface area contributed by atoms with Crippen LogP contribution in [-0.2, 0) is 12.8 Å². The fourth-order valence-corrected chi connectivity index (χ4v) is 4.67. The highest BCUT2D eigenvalue weighted by Gasteiger charge is 2.18. The number of aryl methyl sites for hydroxylation is 2. The van der Waals surface area contributed by atoms with Crippen LogP contribution in [0.2, 0.25) is 0 Å². The Kier molecular flexibility index (Phi) is 5.14. The molecule has 2 aliphatic carbocycles. The van der Waals surface area contributed by atoms with Crippen LogP contribution in [-0.4, -0.2) is 16.5 Å². The number of hydrogen-bond donors (Lipinski definition) is 1. The Hall–Kier alpha value is -2.03. The number of amides is 1. The highest BCUT2D eigenvalue weighted by atomic mass is 16.1. The summed E-state index contributed by atoms with van der Waals surface area (Å²) < 4.78 is 2.38. The van der Waals surface area contributed by atoms with Gasteiger partial charge in [0, 0.05) is 28.7 Å². The molecule has 3 nitrogen and oxygen atoms in total. The second-order valence-electron chi connectivity index (χ2n) is 8.01. The number of hydrogen-bond acceptors (Lipinski definition) is 1. The van der Waals surface area contributed by atoms with Gasteiger partial charge in [0.1, 0.15) is 0 Å². The summed E-state index contributed by atoms with van der Waals surface area (Å²) in [5, 5.41) is 3.24. The summed E-state index contributed by atoms with van der Waals surface area (Å²) in [5.41, 5.74) is 6.22. The molecule has 2 aromatic rings. The van der Waals surface area contributed by atoms with Gasteiger partial charge in [-0.2, -0.15) is 0 Å². The highest BCUT2D eigenvalue weighted by molar-refractivity contribution is 5.94. The fourth-order valence-electron chi connectivity index (χ4n) is 4.67. The van der Waals surface area contributed by atoms with Crippen molar-refractivity contribution < 1.29 is 4.79 Å². The summed E-state index contributed by atoms with van der Waals surface area (Å²) in [6.45, 7) is 2.19. The molecule has 0 aliphatic heterocycles. The highest BCUT2D eigenvalue weighted by Crippen LogP contribution is 2.28. The second-order valence-corrected chi connectivity index (χ2v) is 8.01. The molecule has 1 fully saturated rings. The van der Waals surface area contributed by atoms with Crippen LogP contribution in [0.4, 0.5) is 0 Å². The maximum Gasteiger partial charge on any atom is 0.251 e. The summed E-state index contributed by atoms with van der Waals surface area (Å²) in [6, 6.07) is 10.9. The molecule has 2 aliphatic rings. The number of fused-ring (bicyclic) bond motifs is 1. The molecule has 0 saturated heterocycles. The maximum atomic E-state index is 12.6. The number of nitrogens with one attached hydrogen (secondary N) is 1. The molecule has 1 saturated carbocycles. The van der Waals surface area contributed by atoms with Crippen LogP contribution >= 0.6 is 0 Å². The molecular formula is C23H30N2O. The summed E-state index contributed by atoms with van der Waals surface area (Å²) in [7, 11) is 0. The van der Waals surface area contributed by atoms with E-state index in [4.69, 9.17) is 0 Å². The molecule has 4 rings (SSSR count). The van der Waals surface area contributed by atoms with E-state index in [0.717, 1.165) is 24.8 Å². The van der Waals surface area contributed by atoms with Crippen molar-refractivity contribution in [3.63, 3.8) is 0 Å². The molecule has 138 valence electrons. The molecule has 1 heterocycles. The lowest BCUT2D eigenvalue weighted by Crippen LogP contribution is -2.34. The third kappa shape index (κ3) is 3.58. The quantitative estimate of drug-likeness (QED) is 0.766. The Labute approximate surface area is 156 Å². The van der Waals surface area contributed by atoms with Gasteiger partial charge in [0.2, 0.25) is 0 Å². The van der Waals surface area contributed by atoms with E-state index in [-0.39, 0.29) is 5.91 Å². The average Bonchev–Trinajstić information content (AvgIpc) is 2.81. The zero-order chi connectivity index (χ0) is 17.9. The molecule has 0 radical (unpaired) electrons. The van der Waals surface area contributed by atoms with Crippen molar-refractivity contribution in [2.24, 2.45) is 0 Å². The summed E-state index contributed by atoms with van der Waals surface area (Å²) in [6.07, 6.45) is 12.3. The van der Waals surface area contributed by atoms with Gasteiger partial charge in [-0.15, -0.1) is 0 Å². The van der Waals surface area contributed by atoms with Crippen LogP contribution in [0.1, 0.15) is 78.7 Å². The van der Waals surface area contributed by atoms with Crippen LogP contribution in [0, 0.1) is 6.92 Å². The van der Waals surface area contributed by atoms with Crippen LogP contribution in [0.15, 0.2) is 30.3 Å². The molecule has 3 heteroatoms. The van der Waals surface area contributed by atoms with Crippen LogP contribution in [0.3, 0.4) is 0 Å².